The van der Waals surface area contributed by atoms with E-state index in [2.05, 4.69) is 10.3 Å². The molecule has 0 aliphatic carbocycles. The van der Waals surface area contributed by atoms with Crippen molar-refractivity contribution in [3.63, 3.8) is 0 Å². The summed E-state index contributed by atoms with van der Waals surface area (Å²) < 4.78 is 1.56. The van der Waals surface area contributed by atoms with Crippen LogP contribution in [0.5, 0.6) is 0 Å². The van der Waals surface area contributed by atoms with Gasteiger partial charge < -0.3 is 5.11 Å². The Morgan fingerprint density at radius 2 is 2.07 bits per heavy atom. The average Bonchev–Trinajstić information content (AvgIpc) is 2.51. The number of nitrogens with zero attached hydrogens (tertiary/aromatic N) is 3. The highest BCUT2D eigenvalue weighted by Crippen LogP contribution is 2.24. The molecule has 0 saturated carbocycles. The molecule has 0 aromatic carbocycles. The molecule has 0 fully saturated rings. The molecule has 0 amide bonds. The van der Waals surface area contributed by atoms with Crippen molar-refractivity contribution in [2.45, 2.75) is 32.6 Å². The lowest BCUT2D eigenvalue weighted by Crippen LogP contribution is -2.10. The standard InChI is InChI=1S/C9H15N3O2/c1-4-6(5-2)8-7(9(13)14)10-11-12(8)3/h6H,4-5H2,1-3H3,(H,13,14). The zero-order valence-corrected chi connectivity index (χ0v) is 8.69. The first-order valence-electron chi connectivity index (χ1n) is 4.74. The minimum atomic E-state index is -1.000. The number of rotatable bonds is 4. The molecule has 0 aliphatic rings. The van der Waals surface area contributed by atoms with Crippen LogP contribution in [0.3, 0.4) is 0 Å². The van der Waals surface area contributed by atoms with Gasteiger partial charge in [-0.05, 0) is 12.8 Å². The first-order valence-corrected chi connectivity index (χ1v) is 4.74. The maximum Gasteiger partial charge on any atom is 0.358 e. The number of carbonyl (C=O) groups is 1. The van der Waals surface area contributed by atoms with Gasteiger partial charge in [0.05, 0.1) is 5.69 Å². The summed E-state index contributed by atoms with van der Waals surface area (Å²) in [5, 5.41) is 16.3. The quantitative estimate of drug-likeness (QED) is 0.792. The summed E-state index contributed by atoms with van der Waals surface area (Å²) in [7, 11) is 1.73. The second kappa shape index (κ2) is 4.21. The summed E-state index contributed by atoms with van der Waals surface area (Å²) in [4.78, 5) is 10.9. The Bertz CT molecular complexity index is 329. The molecule has 0 radical (unpaired) electrons. The fraction of sp³-hybridized carbons (Fsp3) is 0.667. The first-order chi connectivity index (χ1) is 6.61. The number of hydrogen-bond acceptors (Lipinski definition) is 3. The van der Waals surface area contributed by atoms with Crippen molar-refractivity contribution < 1.29 is 9.90 Å². The van der Waals surface area contributed by atoms with Gasteiger partial charge in [-0.2, -0.15) is 0 Å². The molecular formula is C9H15N3O2. The Balaban J connectivity index is 3.15. The van der Waals surface area contributed by atoms with E-state index in [1.807, 2.05) is 13.8 Å². The highest BCUT2D eigenvalue weighted by Gasteiger charge is 2.22. The van der Waals surface area contributed by atoms with Gasteiger partial charge in [0.2, 0.25) is 0 Å². The normalized spacial score (nSPS) is 10.9. The Morgan fingerprint density at radius 3 is 2.50 bits per heavy atom. The summed E-state index contributed by atoms with van der Waals surface area (Å²) in [6, 6.07) is 0. The van der Waals surface area contributed by atoms with E-state index in [0.717, 1.165) is 18.5 Å². The lowest BCUT2D eigenvalue weighted by atomic mass is 9.97. The second-order valence-electron chi connectivity index (χ2n) is 3.27. The van der Waals surface area contributed by atoms with Crippen LogP contribution in [0, 0.1) is 0 Å². The molecule has 1 aromatic heterocycles. The van der Waals surface area contributed by atoms with Gasteiger partial charge in [-0.3, -0.25) is 4.68 Å². The van der Waals surface area contributed by atoms with Crippen molar-refractivity contribution in [1.82, 2.24) is 15.0 Å². The molecule has 0 aliphatic heterocycles. The molecule has 1 heterocycles. The second-order valence-corrected chi connectivity index (χ2v) is 3.27. The zero-order chi connectivity index (χ0) is 10.7. The van der Waals surface area contributed by atoms with Crippen LogP contribution in [0.4, 0.5) is 0 Å². The van der Waals surface area contributed by atoms with E-state index < -0.39 is 5.97 Å². The smallest absolute Gasteiger partial charge is 0.358 e. The van der Waals surface area contributed by atoms with Crippen LogP contribution in [0.1, 0.15) is 48.8 Å². The molecule has 78 valence electrons. The molecule has 0 atom stereocenters. The number of carboxylic acids is 1. The maximum absolute atomic E-state index is 10.9. The predicted molar refractivity (Wildman–Crippen MR) is 51.3 cm³/mol. The molecule has 1 rings (SSSR count). The number of hydrogen-bond donors (Lipinski definition) is 1. The van der Waals surface area contributed by atoms with E-state index in [9.17, 15) is 4.79 Å². The third-order valence-electron chi connectivity index (χ3n) is 2.45. The van der Waals surface area contributed by atoms with Crippen LogP contribution in [0.25, 0.3) is 0 Å². The molecule has 14 heavy (non-hydrogen) atoms. The lowest BCUT2D eigenvalue weighted by molar-refractivity contribution is 0.0688. The SMILES string of the molecule is CCC(CC)c1c(C(=O)O)nnn1C. The summed E-state index contributed by atoms with van der Waals surface area (Å²) in [5.41, 5.74) is 0.809. The van der Waals surface area contributed by atoms with E-state index in [4.69, 9.17) is 5.11 Å². The average molecular weight is 197 g/mol. The number of aryl methyl sites for hydroxylation is 1. The number of aromatic nitrogens is 3. The van der Waals surface area contributed by atoms with Crippen molar-refractivity contribution in [3.05, 3.63) is 11.4 Å². The van der Waals surface area contributed by atoms with Gasteiger partial charge in [0.1, 0.15) is 0 Å². The van der Waals surface area contributed by atoms with E-state index in [1.54, 1.807) is 11.7 Å². The van der Waals surface area contributed by atoms with Gasteiger partial charge in [-0.15, -0.1) is 5.10 Å². The highest BCUT2D eigenvalue weighted by molar-refractivity contribution is 5.86. The molecule has 0 saturated heterocycles. The van der Waals surface area contributed by atoms with Crippen LogP contribution in [0.2, 0.25) is 0 Å². The molecular weight excluding hydrogens is 182 g/mol. The Hall–Kier alpha value is -1.39. The lowest BCUT2D eigenvalue weighted by Gasteiger charge is -2.12. The van der Waals surface area contributed by atoms with Gasteiger partial charge in [-0.25, -0.2) is 4.79 Å². The minimum absolute atomic E-state index is 0.0844. The summed E-state index contributed by atoms with van der Waals surface area (Å²) in [6.45, 7) is 4.07. The first kappa shape index (κ1) is 10.7. The van der Waals surface area contributed by atoms with Crippen LogP contribution in [-0.4, -0.2) is 26.1 Å². The van der Waals surface area contributed by atoms with Crippen molar-refractivity contribution in [1.29, 1.82) is 0 Å². The molecule has 0 spiro atoms. The van der Waals surface area contributed by atoms with E-state index >= 15 is 0 Å². The number of aromatic carboxylic acids is 1. The fourth-order valence-corrected chi connectivity index (χ4v) is 1.65. The van der Waals surface area contributed by atoms with E-state index in [-0.39, 0.29) is 11.6 Å². The molecule has 1 N–H and O–H groups in total. The van der Waals surface area contributed by atoms with Gasteiger partial charge >= 0.3 is 5.97 Å². The van der Waals surface area contributed by atoms with Crippen LogP contribution in [-0.2, 0) is 7.05 Å². The molecule has 1 aromatic rings. The molecule has 5 heteroatoms. The van der Waals surface area contributed by atoms with Crippen molar-refractivity contribution in [2.75, 3.05) is 0 Å². The Kier molecular flexibility index (Phi) is 3.22. The van der Waals surface area contributed by atoms with E-state index in [1.165, 1.54) is 0 Å². The molecule has 5 nitrogen and oxygen atoms in total. The monoisotopic (exact) mass is 197 g/mol. The van der Waals surface area contributed by atoms with Gasteiger partial charge in [0.25, 0.3) is 0 Å². The Morgan fingerprint density at radius 1 is 1.50 bits per heavy atom. The highest BCUT2D eigenvalue weighted by atomic mass is 16.4. The van der Waals surface area contributed by atoms with E-state index in [0.29, 0.717) is 0 Å². The van der Waals surface area contributed by atoms with Gasteiger partial charge in [-0.1, -0.05) is 19.1 Å². The third-order valence-corrected chi connectivity index (χ3v) is 2.45. The van der Waals surface area contributed by atoms with Gasteiger partial charge in [0.15, 0.2) is 5.69 Å². The van der Waals surface area contributed by atoms with Crippen LogP contribution < -0.4 is 0 Å². The largest absolute Gasteiger partial charge is 0.476 e. The Labute approximate surface area is 82.7 Å². The van der Waals surface area contributed by atoms with Crippen LogP contribution >= 0.6 is 0 Å². The third kappa shape index (κ3) is 1.76. The molecule has 0 bridgehead atoms. The van der Waals surface area contributed by atoms with Crippen molar-refractivity contribution in [3.8, 4) is 0 Å². The maximum atomic E-state index is 10.9. The van der Waals surface area contributed by atoms with Crippen molar-refractivity contribution in [2.24, 2.45) is 7.05 Å². The summed E-state index contributed by atoms with van der Waals surface area (Å²) >= 11 is 0. The predicted octanol–water partition coefficient (Wildman–Crippen LogP) is 1.42. The van der Waals surface area contributed by atoms with Crippen molar-refractivity contribution >= 4 is 5.97 Å². The zero-order valence-electron chi connectivity index (χ0n) is 8.69. The number of carboxylic acid groups (broad SMARTS) is 1. The summed E-state index contributed by atoms with van der Waals surface area (Å²) in [6.07, 6.45) is 1.80. The van der Waals surface area contributed by atoms with Gasteiger partial charge in [0, 0.05) is 13.0 Å². The van der Waals surface area contributed by atoms with Crippen LogP contribution in [0.15, 0.2) is 0 Å². The molecule has 0 unspecified atom stereocenters. The summed E-state index contributed by atoms with van der Waals surface area (Å²) in [5.74, 6) is -0.777. The fourth-order valence-electron chi connectivity index (χ4n) is 1.65. The topological polar surface area (TPSA) is 68.0 Å². The minimum Gasteiger partial charge on any atom is -0.476 e.